The predicted molar refractivity (Wildman–Crippen MR) is 156 cm³/mol. The highest BCUT2D eigenvalue weighted by atomic mass is 16.4. The fourth-order valence-electron chi connectivity index (χ4n) is 6.97. The molecule has 2 aromatic heterocycles. The molecule has 3 heterocycles. The number of furan rings is 1. The third-order valence-electron chi connectivity index (χ3n) is 9.41. The van der Waals surface area contributed by atoms with Crippen molar-refractivity contribution >= 4 is 38.6 Å². The molecule has 2 atom stereocenters. The highest BCUT2D eigenvalue weighted by Crippen LogP contribution is 2.40. The summed E-state index contributed by atoms with van der Waals surface area (Å²) in [6.07, 6.45) is 6.95. The summed E-state index contributed by atoms with van der Waals surface area (Å²) in [5, 5.41) is 15.1. The molecule has 1 aliphatic heterocycles. The number of nitrogens with zero attached hydrogens (tertiary/aromatic N) is 1. The van der Waals surface area contributed by atoms with E-state index in [0.29, 0.717) is 42.7 Å². The van der Waals surface area contributed by atoms with Crippen molar-refractivity contribution in [2.75, 3.05) is 13.1 Å². The Hall–Kier alpha value is -3.90. The first kappa shape index (κ1) is 25.1. The average molecular weight is 536 g/mol. The quantitative estimate of drug-likeness (QED) is 0.257. The van der Waals surface area contributed by atoms with Gasteiger partial charge in [-0.2, -0.15) is 0 Å². The van der Waals surface area contributed by atoms with Crippen LogP contribution in [0.2, 0.25) is 0 Å². The fraction of sp³-hybridized carbons (Fsp3) is 0.353. The maximum atomic E-state index is 13.2. The topological polar surface area (TPSA) is 83.9 Å². The Kier molecular flexibility index (Phi) is 6.04. The molecule has 1 N–H and O–H groups in total. The molecule has 7 rings (SSSR count). The lowest BCUT2D eigenvalue weighted by molar-refractivity contribution is -0.143. The first-order valence-electron chi connectivity index (χ1n) is 14.4. The number of fused-ring (bicyclic) bond motifs is 4. The minimum absolute atomic E-state index is 0.0374. The van der Waals surface area contributed by atoms with E-state index in [1.54, 1.807) is 12.3 Å². The summed E-state index contributed by atoms with van der Waals surface area (Å²) in [5.41, 5.74) is 3.55. The number of piperidine rings is 1. The van der Waals surface area contributed by atoms with E-state index in [4.69, 9.17) is 8.83 Å². The normalized spacial score (nSPS) is 21.2. The summed E-state index contributed by atoms with van der Waals surface area (Å²) in [6.45, 7) is 3.12. The van der Waals surface area contributed by atoms with Crippen LogP contribution >= 0.6 is 0 Å². The van der Waals surface area contributed by atoms with Crippen molar-refractivity contribution in [3.05, 3.63) is 82.4 Å². The second-order valence-electron chi connectivity index (χ2n) is 11.7. The molecule has 1 saturated heterocycles. The lowest BCUT2D eigenvalue weighted by atomic mass is 9.71. The molecule has 0 unspecified atom stereocenters. The number of aliphatic hydroxyl groups is 1. The van der Waals surface area contributed by atoms with E-state index in [9.17, 15) is 14.7 Å². The summed E-state index contributed by atoms with van der Waals surface area (Å²) in [7, 11) is 0. The van der Waals surface area contributed by atoms with Gasteiger partial charge in [0.15, 0.2) is 0 Å². The van der Waals surface area contributed by atoms with Gasteiger partial charge in [-0.25, -0.2) is 4.79 Å². The maximum absolute atomic E-state index is 13.2. The van der Waals surface area contributed by atoms with E-state index in [-0.39, 0.29) is 18.2 Å². The summed E-state index contributed by atoms with van der Waals surface area (Å²) in [4.78, 5) is 28.1. The third-order valence-corrected chi connectivity index (χ3v) is 9.41. The Balaban J connectivity index is 1.17. The van der Waals surface area contributed by atoms with E-state index in [1.807, 2.05) is 30.0 Å². The number of carbonyl (C=O) groups excluding carboxylic acids is 1. The molecule has 5 aromatic rings. The van der Waals surface area contributed by atoms with Gasteiger partial charge in [-0.3, -0.25) is 4.79 Å². The van der Waals surface area contributed by atoms with Gasteiger partial charge in [-0.05, 0) is 66.6 Å². The van der Waals surface area contributed by atoms with Crippen molar-refractivity contribution < 1.29 is 18.7 Å². The number of benzene rings is 3. The van der Waals surface area contributed by atoms with Crippen LogP contribution in [-0.2, 0) is 11.2 Å². The molecule has 0 bridgehead atoms. The minimum Gasteiger partial charge on any atom is -0.464 e. The third kappa shape index (κ3) is 4.22. The number of hydrogen-bond donors (Lipinski definition) is 1. The second kappa shape index (κ2) is 9.63. The van der Waals surface area contributed by atoms with Crippen LogP contribution in [0.15, 0.2) is 74.5 Å². The van der Waals surface area contributed by atoms with E-state index >= 15 is 0 Å². The molecule has 3 aromatic carbocycles. The Labute approximate surface area is 232 Å². The molecule has 0 spiro atoms. The molecule has 0 radical (unpaired) electrons. The molecule has 40 heavy (non-hydrogen) atoms. The highest BCUT2D eigenvalue weighted by Gasteiger charge is 2.43. The number of hydrogen-bond acceptors (Lipinski definition) is 5. The van der Waals surface area contributed by atoms with Crippen molar-refractivity contribution in [3.8, 4) is 11.1 Å². The van der Waals surface area contributed by atoms with Crippen molar-refractivity contribution in [2.45, 2.75) is 57.5 Å². The first-order chi connectivity index (χ1) is 19.4. The number of likely N-dealkylation sites (tertiary alicyclic amines) is 1. The molecule has 204 valence electrons. The molecule has 1 amide bonds. The van der Waals surface area contributed by atoms with Gasteiger partial charge in [-0.1, -0.05) is 49.2 Å². The largest absolute Gasteiger partial charge is 0.464 e. The van der Waals surface area contributed by atoms with Crippen molar-refractivity contribution in [3.63, 3.8) is 0 Å². The number of rotatable bonds is 4. The zero-order valence-electron chi connectivity index (χ0n) is 22.7. The van der Waals surface area contributed by atoms with E-state index in [1.165, 1.54) is 5.39 Å². The maximum Gasteiger partial charge on any atom is 0.339 e. The van der Waals surface area contributed by atoms with E-state index < -0.39 is 11.2 Å². The van der Waals surface area contributed by atoms with Gasteiger partial charge < -0.3 is 18.8 Å². The fourth-order valence-corrected chi connectivity index (χ4v) is 6.97. The zero-order valence-corrected chi connectivity index (χ0v) is 22.7. The van der Waals surface area contributed by atoms with E-state index in [0.717, 1.165) is 58.5 Å². The van der Waals surface area contributed by atoms with Crippen LogP contribution in [-0.4, -0.2) is 34.6 Å². The van der Waals surface area contributed by atoms with Crippen molar-refractivity contribution in [2.24, 2.45) is 5.92 Å². The van der Waals surface area contributed by atoms with Crippen molar-refractivity contribution in [1.82, 2.24) is 4.90 Å². The Bertz CT molecular complexity index is 1830. The molecule has 1 saturated carbocycles. The van der Waals surface area contributed by atoms with Gasteiger partial charge in [0.1, 0.15) is 11.2 Å². The Morgan fingerprint density at radius 1 is 1.02 bits per heavy atom. The molecule has 1 aliphatic carbocycles. The molecule has 2 aliphatic rings. The number of carbonyl (C=O) groups is 1. The lowest BCUT2D eigenvalue weighted by Gasteiger charge is -2.47. The van der Waals surface area contributed by atoms with Crippen LogP contribution in [0.25, 0.3) is 43.8 Å². The lowest BCUT2D eigenvalue weighted by Crippen LogP contribution is -2.54. The summed E-state index contributed by atoms with van der Waals surface area (Å²) in [6, 6.07) is 18.5. The average Bonchev–Trinajstić information content (AvgIpc) is 3.38. The Morgan fingerprint density at radius 2 is 1.88 bits per heavy atom. The predicted octanol–water partition coefficient (Wildman–Crippen LogP) is 6.75. The smallest absolute Gasteiger partial charge is 0.339 e. The van der Waals surface area contributed by atoms with Gasteiger partial charge in [0, 0.05) is 53.4 Å². The van der Waals surface area contributed by atoms with E-state index in [2.05, 4.69) is 30.3 Å². The molecule has 2 fully saturated rings. The minimum atomic E-state index is -0.616. The van der Waals surface area contributed by atoms with Gasteiger partial charge in [0.25, 0.3) is 0 Å². The number of amides is 1. The SMILES string of the molecule is Cc1c(CCC(=O)N2CC[C@]3(O)CCCC[C@@H]3C2)c(=O)oc2cc3occ(-c4ccc5ccccc5c4)c3cc12. The van der Waals surface area contributed by atoms with Crippen LogP contribution in [0, 0.1) is 12.8 Å². The highest BCUT2D eigenvalue weighted by molar-refractivity contribution is 6.03. The van der Waals surface area contributed by atoms with Gasteiger partial charge in [0.2, 0.25) is 5.91 Å². The van der Waals surface area contributed by atoms with Gasteiger partial charge in [0.05, 0.1) is 11.9 Å². The molecular formula is C34H33NO5. The standard InChI is InChI=1S/C34H33NO5/c1-21-26(11-12-32(36)35-15-14-34(38)13-5-4-8-25(34)19-35)33(37)40-31-18-30-28(17-27(21)31)29(20-39-30)24-10-9-22-6-2-3-7-23(22)16-24/h2-3,6-7,9-10,16-18,20,25,38H,4-5,8,11-15,19H2,1H3/t25-,34-/m1/s1. The van der Waals surface area contributed by atoms with Crippen LogP contribution in [0.5, 0.6) is 0 Å². The Morgan fingerprint density at radius 3 is 2.75 bits per heavy atom. The van der Waals surface area contributed by atoms with Crippen LogP contribution in [0.1, 0.15) is 49.7 Å². The molecular weight excluding hydrogens is 502 g/mol. The summed E-state index contributed by atoms with van der Waals surface area (Å²) in [5.74, 6) is 0.191. The van der Waals surface area contributed by atoms with Crippen LogP contribution < -0.4 is 5.63 Å². The zero-order chi connectivity index (χ0) is 27.4. The van der Waals surface area contributed by atoms with Crippen LogP contribution in [0.3, 0.4) is 0 Å². The monoisotopic (exact) mass is 535 g/mol. The van der Waals surface area contributed by atoms with Crippen LogP contribution in [0.4, 0.5) is 0 Å². The summed E-state index contributed by atoms with van der Waals surface area (Å²) >= 11 is 0. The second-order valence-corrected chi connectivity index (χ2v) is 11.7. The molecule has 6 heteroatoms. The summed E-state index contributed by atoms with van der Waals surface area (Å²) < 4.78 is 11.6. The van der Waals surface area contributed by atoms with Gasteiger partial charge in [-0.15, -0.1) is 0 Å². The van der Waals surface area contributed by atoms with Gasteiger partial charge >= 0.3 is 5.63 Å². The first-order valence-corrected chi connectivity index (χ1v) is 14.4. The molecule has 6 nitrogen and oxygen atoms in total. The number of aryl methyl sites for hydroxylation is 1. The van der Waals surface area contributed by atoms with Crippen molar-refractivity contribution in [1.29, 1.82) is 0 Å².